The molecular formula is C20H23NO5. The van der Waals surface area contributed by atoms with Crippen molar-refractivity contribution in [2.24, 2.45) is 0 Å². The number of rotatable bonds is 5. The highest BCUT2D eigenvalue weighted by Crippen LogP contribution is 2.19. The molecule has 2 rings (SSSR count). The van der Waals surface area contributed by atoms with Crippen LogP contribution < -0.4 is 10.1 Å². The number of alkyl carbamates (subject to hydrolysis) is 1. The molecule has 6 nitrogen and oxygen atoms in total. The highest BCUT2D eigenvalue weighted by atomic mass is 16.6. The molecule has 138 valence electrons. The Balaban J connectivity index is 1.96. The van der Waals surface area contributed by atoms with Crippen LogP contribution in [-0.4, -0.2) is 17.7 Å². The lowest BCUT2D eigenvalue weighted by molar-refractivity contribution is -0.128. The first kappa shape index (κ1) is 19.3. The Morgan fingerprint density at radius 3 is 2.54 bits per heavy atom. The van der Waals surface area contributed by atoms with E-state index in [1.54, 1.807) is 51.1 Å². The summed E-state index contributed by atoms with van der Waals surface area (Å²) in [6, 6.07) is 10.5. The maximum Gasteiger partial charge on any atom is 0.407 e. The third-order valence-corrected chi connectivity index (χ3v) is 3.15. The number of benzene rings is 1. The van der Waals surface area contributed by atoms with Gasteiger partial charge in [0.1, 0.15) is 22.9 Å². The molecule has 0 fully saturated rings. The summed E-state index contributed by atoms with van der Waals surface area (Å²) >= 11 is 0. The van der Waals surface area contributed by atoms with Gasteiger partial charge in [0.15, 0.2) is 0 Å². The first-order valence-electron chi connectivity index (χ1n) is 8.24. The molecule has 26 heavy (non-hydrogen) atoms. The van der Waals surface area contributed by atoms with Crippen molar-refractivity contribution in [3.8, 4) is 5.75 Å². The van der Waals surface area contributed by atoms with Crippen LogP contribution in [0.25, 0.3) is 6.08 Å². The van der Waals surface area contributed by atoms with Crippen LogP contribution in [0.5, 0.6) is 5.75 Å². The fraction of sp³-hybridized carbons (Fsp3) is 0.300. The third-order valence-electron chi connectivity index (χ3n) is 3.15. The Morgan fingerprint density at radius 1 is 1.15 bits per heavy atom. The van der Waals surface area contributed by atoms with Gasteiger partial charge in [0.25, 0.3) is 0 Å². The van der Waals surface area contributed by atoms with Gasteiger partial charge in [-0.25, -0.2) is 9.59 Å². The van der Waals surface area contributed by atoms with Crippen LogP contribution in [0.1, 0.15) is 37.9 Å². The summed E-state index contributed by atoms with van der Waals surface area (Å²) in [6.07, 6.45) is 2.29. The number of hydrogen-bond donors (Lipinski definition) is 1. The van der Waals surface area contributed by atoms with Crippen molar-refractivity contribution in [1.82, 2.24) is 5.32 Å². The van der Waals surface area contributed by atoms with Gasteiger partial charge < -0.3 is 19.2 Å². The van der Waals surface area contributed by atoms with Gasteiger partial charge in [-0.15, -0.1) is 0 Å². The molecule has 0 aliphatic heterocycles. The molecule has 1 aromatic carbocycles. The van der Waals surface area contributed by atoms with Crippen molar-refractivity contribution in [2.75, 3.05) is 0 Å². The van der Waals surface area contributed by atoms with Crippen molar-refractivity contribution in [3.05, 3.63) is 59.6 Å². The summed E-state index contributed by atoms with van der Waals surface area (Å²) in [5.41, 5.74) is 0.0828. The fourth-order valence-corrected chi connectivity index (χ4v) is 2.07. The molecule has 6 heteroatoms. The zero-order chi connectivity index (χ0) is 19.2. The van der Waals surface area contributed by atoms with Crippen LogP contribution >= 0.6 is 0 Å². The van der Waals surface area contributed by atoms with E-state index >= 15 is 0 Å². The molecular weight excluding hydrogens is 334 g/mol. The zero-order valence-electron chi connectivity index (χ0n) is 15.4. The van der Waals surface area contributed by atoms with E-state index in [0.29, 0.717) is 17.1 Å². The standard InChI is InChI=1S/C20H23NO5/c1-14-9-10-16(24-14)11-12-18(22)25-17-8-6-5-7-15(17)13-21-19(23)26-20(2,3)4/h5-12H,13H2,1-4H3,(H,21,23). The number of aryl methyl sites for hydroxylation is 1. The number of nitrogens with one attached hydrogen (secondary N) is 1. The molecule has 1 aromatic heterocycles. The van der Waals surface area contributed by atoms with Crippen LogP contribution in [0.2, 0.25) is 0 Å². The average Bonchev–Trinajstić information content (AvgIpc) is 2.96. The van der Waals surface area contributed by atoms with E-state index in [2.05, 4.69) is 5.32 Å². The Bertz CT molecular complexity index is 799. The van der Waals surface area contributed by atoms with Gasteiger partial charge in [-0.05, 0) is 52.0 Å². The van der Waals surface area contributed by atoms with E-state index < -0.39 is 17.7 Å². The average molecular weight is 357 g/mol. The molecule has 0 aliphatic rings. The van der Waals surface area contributed by atoms with Crippen LogP contribution in [0, 0.1) is 6.92 Å². The number of esters is 1. The maximum atomic E-state index is 12.0. The number of carbonyl (C=O) groups excluding carboxylic acids is 2. The van der Waals surface area contributed by atoms with E-state index in [4.69, 9.17) is 13.9 Å². The first-order chi connectivity index (χ1) is 12.2. The van der Waals surface area contributed by atoms with E-state index in [1.807, 2.05) is 13.0 Å². The number of furan rings is 1. The van der Waals surface area contributed by atoms with E-state index in [0.717, 1.165) is 5.76 Å². The molecule has 1 amide bonds. The Hall–Kier alpha value is -3.02. The molecule has 2 aromatic rings. The van der Waals surface area contributed by atoms with E-state index in [-0.39, 0.29) is 6.54 Å². The second-order valence-corrected chi connectivity index (χ2v) is 6.67. The molecule has 0 radical (unpaired) electrons. The molecule has 0 saturated carbocycles. The first-order valence-corrected chi connectivity index (χ1v) is 8.24. The normalized spacial score (nSPS) is 11.4. The van der Waals surface area contributed by atoms with Gasteiger partial charge in [0.2, 0.25) is 0 Å². The maximum absolute atomic E-state index is 12.0. The topological polar surface area (TPSA) is 77.8 Å². The number of ether oxygens (including phenoxy) is 2. The van der Waals surface area contributed by atoms with Crippen LogP contribution in [-0.2, 0) is 16.1 Å². The lowest BCUT2D eigenvalue weighted by Gasteiger charge is -2.20. The van der Waals surface area contributed by atoms with Gasteiger partial charge in [0.05, 0.1) is 0 Å². The van der Waals surface area contributed by atoms with Gasteiger partial charge in [-0.3, -0.25) is 0 Å². The summed E-state index contributed by atoms with van der Waals surface area (Å²) in [5.74, 6) is 1.16. The number of para-hydroxylation sites is 1. The largest absolute Gasteiger partial charge is 0.462 e. The summed E-state index contributed by atoms with van der Waals surface area (Å²) in [6.45, 7) is 7.36. The van der Waals surface area contributed by atoms with Crippen molar-refractivity contribution in [2.45, 2.75) is 39.8 Å². The summed E-state index contributed by atoms with van der Waals surface area (Å²) in [4.78, 5) is 23.8. The number of carbonyl (C=O) groups is 2. The number of amides is 1. The van der Waals surface area contributed by atoms with Gasteiger partial charge in [-0.1, -0.05) is 18.2 Å². The van der Waals surface area contributed by atoms with Crippen molar-refractivity contribution >= 4 is 18.1 Å². The monoisotopic (exact) mass is 357 g/mol. The van der Waals surface area contributed by atoms with Crippen LogP contribution in [0.3, 0.4) is 0 Å². The molecule has 1 heterocycles. The predicted molar refractivity (Wildman–Crippen MR) is 97.6 cm³/mol. The summed E-state index contributed by atoms with van der Waals surface area (Å²) in [7, 11) is 0. The zero-order valence-corrected chi connectivity index (χ0v) is 15.4. The van der Waals surface area contributed by atoms with E-state index in [9.17, 15) is 9.59 Å². The van der Waals surface area contributed by atoms with Crippen molar-refractivity contribution in [3.63, 3.8) is 0 Å². The summed E-state index contributed by atoms with van der Waals surface area (Å²) in [5, 5.41) is 2.64. The molecule has 0 atom stereocenters. The molecule has 0 bridgehead atoms. The second-order valence-electron chi connectivity index (χ2n) is 6.67. The lowest BCUT2D eigenvalue weighted by Crippen LogP contribution is -2.32. The minimum Gasteiger partial charge on any atom is -0.462 e. The Labute approximate surface area is 152 Å². The highest BCUT2D eigenvalue weighted by molar-refractivity contribution is 5.88. The highest BCUT2D eigenvalue weighted by Gasteiger charge is 2.16. The van der Waals surface area contributed by atoms with Crippen LogP contribution in [0.15, 0.2) is 46.9 Å². The smallest absolute Gasteiger partial charge is 0.407 e. The molecule has 0 spiro atoms. The molecule has 1 N–H and O–H groups in total. The molecule has 0 aliphatic carbocycles. The fourth-order valence-electron chi connectivity index (χ4n) is 2.07. The minimum atomic E-state index is -0.578. The Kier molecular flexibility index (Phi) is 6.22. The van der Waals surface area contributed by atoms with Gasteiger partial charge in [0, 0.05) is 18.2 Å². The quantitative estimate of drug-likeness (QED) is 0.492. The van der Waals surface area contributed by atoms with Gasteiger partial charge >= 0.3 is 12.1 Å². The second kappa shape index (κ2) is 8.38. The van der Waals surface area contributed by atoms with Crippen molar-refractivity contribution < 1.29 is 23.5 Å². The van der Waals surface area contributed by atoms with Crippen LogP contribution in [0.4, 0.5) is 4.79 Å². The SMILES string of the molecule is Cc1ccc(C=CC(=O)Oc2ccccc2CNC(=O)OC(C)(C)C)o1. The predicted octanol–water partition coefficient (Wildman–Crippen LogP) is 4.23. The van der Waals surface area contributed by atoms with Crippen molar-refractivity contribution in [1.29, 1.82) is 0 Å². The minimum absolute atomic E-state index is 0.180. The Morgan fingerprint density at radius 2 is 1.88 bits per heavy atom. The molecule has 0 saturated heterocycles. The third kappa shape index (κ3) is 6.47. The summed E-state index contributed by atoms with van der Waals surface area (Å²) < 4.78 is 15.9. The lowest BCUT2D eigenvalue weighted by atomic mass is 10.2. The molecule has 0 unspecified atom stereocenters. The van der Waals surface area contributed by atoms with E-state index in [1.165, 1.54) is 12.2 Å². The number of hydrogen-bond acceptors (Lipinski definition) is 5. The van der Waals surface area contributed by atoms with Gasteiger partial charge in [-0.2, -0.15) is 0 Å².